The van der Waals surface area contributed by atoms with Crippen molar-refractivity contribution in [3.8, 4) is 6.07 Å². The van der Waals surface area contributed by atoms with Gasteiger partial charge in [0.2, 0.25) is 5.91 Å². The van der Waals surface area contributed by atoms with Crippen LogP contribution in [-0.2, 0) is 4.79 Å². The van der Waals surface area contributed by atoms with Crippen LogP contribution in [0.4, 0.5) is 5.69 Å². The van der Waals surface area contributed by atoms with Gasteiger partial charge in [-0.05, 0) is 18.6 Å². The zero-order valence-electron chi connectivity index (χ0n) is 9.68. The van der Waals surface area contributed by atoms with Gasteiger partial charge in [0.1, 0.15) is 11.8 Å². The van der Waals surface area contributed by atoms with E-state index in [9.17, 15) is 4.79 Å². The minimum absolute atomic E-state index is 0.0515. The molecule has 1 saturated heterocycles. The van der Waals surface area contributed by atoms with E-state index in [-0.39, 0.29) is 11.8 Å². The van der Waals surface area contributed by atoms with Crippen molar-refractivity contribution < 1.29 is 4.79 Å². The molecule has 17 heavy (non-hydrogen) atoms. The van der Waals surface area contributed by atoms with Crippen molar-refractivity contribution in [1.82, 2.24) is 10.3 Å². The third-order valence-electron chi connectivity index (χ3n) is 3.03. The molecule has 1 amide bonds. The molecular formula is C12H14N4O. The van der Waals surface area contributed by atoms with Gasteiger partial charge in [0.25, 0.3) is 0 Å². The number of hydrogen-bond acceptors (Lipinski definition) is 4. The van der Waals surface area contributed by atoms with Gasteiger partial charge in [0, 0.05) is 20.1 Å². The monoisotopic (exact) mass is 230 g/mol. The van der Waals surface area contributed by atoms with Gasteiger partial charge in [0.15, 0.2) is 0 Å². The van der Waals surface area contributed by atoms with E-state index in [1.54, 1.807) is 19.3 Å². The van der Waals surface area contributed by atoms with Gasteiger partial charge in [0.05, 0.1) is 17.8 Å². The Bertz CT molecular complexity index is 449. The van der Waals surface area contributed by atoms with Crippen LogP contribution in [0.3, 0.4) is 0 Å². The summed E-state index contributed by atoms with van der Waals surface area (Å²) in [6.07, 6.45) is 2.55. The maximum absolute atomic E-state index is 11.5. The smallest absolute Gasteiger partial charge is 0.224 e. The normalized spacial score (nSPS) is 18.8. The Morgan fingerprint density at radius 1 is 1.65 bits per heavy atom. The summed E-state index contributed by atoms with van der Waals surface area (Å²) in [5.74, 6) is 0.143. The number of anilines is 1. The quantitative estimate of drug-likeness (QED) is 0.804. The van der Waals surface area contributed by atoms with Crippen molar-refractivity contribution >= 4 is 11.6 Å². The molecule has 1 fully saturated rings. The molecule has 2 heterocycles. The van der Waals surface area contributed by atoms with Crippen molar-refractivity contribution in [2.75, 3.05) is 25.0 Å². The topological polar surface area (TPSA) is 69.0 Å². The second kappa shape index (κ2) is 4.83. The number of pyridine rings is 1. The Kier molecular flexibility index (Phi) is 3.24. The van der Waals surface area contributed by atoms with Crippen molar-refractivity contribution in [3.63, 3.8) is 0 Å². The van der Waals surface area contributed by atoms with E-state index < -0.39 is 0 Å². The van der Waals surface area contributed by atoms with Crippen molar-refractivity contribution in [2.45, 2.75) is 6.42 Å². The highest BCUT2D eigenvalue weighted by molar-refractivity contribution is 5.79. The van der Waals surface area contributed by atoms with E-state index in [0.29, 0.717) is 12.2 Å². The van der Waals surface area contributed by atoms with Gasteiger partial charge >= 0.3 is 0 Å². The molecule has 5 nitrogen and oxygen atoms in total. The predicted molar refractivity (Wildman–Crippen MR) is 63.3 cm³/mol. The standard InChI is InChI=1S/C12H14N4O/c1-14-12(17)9-4-5-16(8-9)11-3-2-10(6-13)15-7-11/h2-3,7,9H,4-5,8H2,1H3,(H,14,17). The molecule has 0 aromatic carbocycles. The fraction of sp³-hybridized carbons (Fsp3) is 0.417. The van der Waals surface area contributed by atoms with Crippen LogP contribution < -0.4 is 10.2 Å². The fourth-order valence-electron chi connectivity index (χ4n) is 2.05. The first kappa shape index (κ1) is 11.4. The molecule has 1 aromatic rings. The number of nitrogens with one attached hydrogen (secondary N) is 1. The summed E-state index contributed by atoms with van der Waals surface area (Å²) in [4.78, 5) is 17.6. The highest BCUT2D eigenvalue weighted by Gasteiger charge is 2.27. The highest BCUT2D eigenvalue weighted by Crippen LogP contribution is 2.23. The molecule has 1 aromatic heterocycles. The van der Waals surface area contributed by atoms with Crippen LogP contribution in [0, 0.1) is 17.2 Å². The Morgan fingerprint density at radius 2 is 2.47 bits per heavy atom. The molecule has 1 aliphatic heterocycles. The number of amides is 1. The summed E-state index contributed by atoms with van der Waals surface area (Å²) >= 11 is 0. The van der Waals surface area contributed by atoms with Crippen molar-refractivity contribution in [3.05, 3.63) is 24.0 Å². The van der Waals surface area contributed by atoms with Crippen molar-refractivity contribution in [1.29, 1.82) is 5.26 Å². The Balaban J connectivity index is 2.05. The van der Waals surface area contributed by atoms with Gasteiger partial charge in [-0.15, -0.1) is 0 Å². The second-order valence-electron chi connectivity index (χ2n) is 4.06. The number of rotatable bonds is 2. The Hall–Kier alpha value is -2.09. The molecule has 5 heteroatoms. The number of nitriles is 1. The molecule has 0 aliphatic carbocycles. The summed E-state index contributed by atoms with van der Waals surface area (Å²) in [6.45, 7) is 1.57. The fourth-order valence-corrected chi connectivity index (χ4v) is 2.05. The van der Waals surface area contributed by atoms with Gasteiger partial charge in [-0.2, -0.15) is 5.26 Å². The summed E-state index contributed by atoms with van der Waals surface area (Å²) < 4.78 is 0. The van der Waals surface area contributed by atoms with Gasteiger partial charge in [-0.25, -0.2) is 4.98 Å². The summed E-state index contributed by atoms with van der Waals surface area (Å²) in [5.41, 5.74) is 1.38. The van der Waals surface area contributed by atoms with Crippen LogP contribution in [0.5, 0.6) is 0 Å². The molecule has 2 rings (SSSR count). The van der Waals surface area contributed by atoms with Crippen LogP contribution in [0.25, 0.3) is 0 Å². The number of nitrogens with zero attached hydrogens (tertiary/aromatic N) is 3. The van der Waals surface area contributed by atoms with Gasteiger partial charge in [-0.1, -0.05) is 0 Å². The molecule has 0 radical (unpaired) electrons. The van der Waals surface area contributed by atoms with E-state index in [0.717, 1.165) is 18.7 Å². The van der Waals surface area contributed by atoms with E-state index in [1.165, 1.54) is 0 Å². The van der Waals surface area contributed by atoms with Crippen LogP contribution >= 0.6 is 0 Å². The second-order valence-corrected chi connectivity index (χ2v) is 4.06. The first-order valence-corrected chi connectivity index (χ1v) is 5.57. The molecular weight excluding hydrogens is 216 g/mol. The molecule has 0 spiro atoms. The number of hydrogen-bond donors (Lipinski definition) is 1. The highest BCUT2D eigenvalue weighted by atomic mass is 16.1. The lowest BCUT2D eigenvalue weighted by molar-refractivity contribution is -0.123. The maximum Gasteiger partial charge on any atom is 0.224 e. The Morgan fingerprint density at radius 3 is 3.06 bits per heavy atom. The number of carbonyl (C=O) groups is 1. The zero-order chi connectivity index (χ0) is 12.3. The molecule has 1 N–H and O–H groups in total. The van der Waals surface area contributed by atoms with E-state index in [2.05, 4.69) is 15.2 Å². The molecule has 0 bridgehead atoms. The minimum Gasteiger partial charge on any atom is -0.369 e. The summed E-state index contributed by atoms with van der Waals surface area (Å²) in [6, 6.07) is 5.56. The minimum atomic E-state index is 0.0515. The van der Waals surface area contributed by atoms with E-state index in [1.807, 2.05) is 12.1 Å². The van der Waals surface area contributed by atoms with Gasteiger partial charge < -0.3 is 10.2 Å². The first-order valence-electron chi connectivity index (χ1n) is 5.57. The van der Waals surface area contributed by atoms with E-state index in [4.69, 9.17) is 5.26 Å². The van der Waals surface area contributed by atoms with Crippen LogP contribution in [-0.4, -0.2) is 31.0 Å². The molecule has 1 atom stereocenters. The summed E-state index contributed by atoms with van der Waals surface area (Å²) in [7, 11) is 1.66. The van der Waals surface area contributed by atoms with Crippen LogP contribution in [0.2, 0.25) is 0 Å². The molecule has 88 valence electrons. The van der Waals surface area contributed by atoms with Crippen molar-refractivity contribution in [2.24, 2.45) is 5.92 Å². The molecule has 0 saturated carbocycles. The maximum atomic E-state index is 11.5. The first-order chi connectivity index (χ1) is 8.24. The third kappa shape index (κ3) is 2.36. The number of aromatic nitrogens is 1. The van der Waals surface area contributed by atoms with Gasteiger partial charge in [-0.3, -0.25) is 4.79 Å². The lowest BCUT2D eigenvalue weighted by Crippen LogP contribution is -2.30. The third-order valence-corrected chi connectivity index (χ3v) is 3.03. The van der Waals surface area contributed by atoms with Crippen LogP contribution in [0.15, 0.2) is 18.3 Å². The van der Waals surface area contributed by atoms with E-state index >= 15 is 0 Å². The Labute approximate surface area is 100 Å². The predicted octanol–water partition coefficient (Wildman–Crippen LogP) is 0.526. The zero-order valence-corrected chi connectivity index (χ0v) is 9.68. The molecule has 1 unspecified atom stereocenters. The average molecular weight is 230 g/mol. The SMILES string of the molecule is CNC(=O)C1CCN(c2ccc(C#N)nc2)C1. The summed E-state index contributed by atoms with van der Waals surface area (Å²) in [5, 5.41) is 11.3. The van der Waals surface area contributed by atoms with Crippen LogP contribution in [0.1, 0.15) is 12.1 Å². The average Bonchev–Trinajstić information content (AvgIpc) is 2.87. The number of carbonyl (C=O) groups excluding carboxylic acids is 1. The molecule has 1 aliphatic rings. The lowest BCUT2D eigenvalue weighted by atomic mass is 10.1. The lowest BCUT2D eigenvalue weighted by Gasteiger charge is -2.17. The largest absolute Gasteiger partial charge is 0.369 e.